The Morgan fingerprint density at radius 2 is 1.52 bits per heavy atom. The van der Waals surface area contributed by atoms with E-state index >= 15 is 0 Å². The van der Waals surface area contributed by atoms with Gasteiger partial charge in [0.2, 0.25) is 10.0 Å². The molecule has 1 aliphatic rings. The Morgan fingerprint density at radius 1 is 1.00 bits per heavy atom. The van der Waals surface area contributed by atoms with E-state index in [2.05, 4.69) is 0 Å². The van der Waals surface area contributed by atoms with E-state index in [0.717, 1.165) is 22.3 Å². The molecule has 0 bridgehead atoms. The Balaban J connectivity index is 2.07. The maximum absolute atomic E-state index is 13.7. The number of benzene rings is 2. The average molecular weight is 473 g/mol. The monoisotopic (exact) mass is 472 g/mol. The van der Waals surface area contributed by atoms with Gasteiger partial charge in [-0.15, -0.1) is 0 Å². The van der Waals surface area contributed by atoms with Crippen LogP contribution in [-0.4, -0.2) is 42.7 Å². The molecule has 6 nitrogen and oxygen atoms in total. The van der Waals surface area contributed by atoms with Crippen molar-refractivity contribution in [2.45, 2.75) is 84.1 Å². The summed E-state index contributed by atoms with van der Waals surface area (Å²) >= 11 is 0. The van der Waals surface area contributed by atoms with E-state index in [1.807, 2.05) is 65.5 Å². The van der Waals surface area contributed by atoms with E-state index in [0.29, 0.717) is 5.56 Å². The van der Waals surface area contributed by atoms with Gasteiger partial charge in [-0.2, -0.15) is 4.31 Å². The van der Waals surface area contributed by atoms with Crippen LogP contribution in [0.3, 0.4) is 0 Å². The Kier molecular flexibility index (Phi) is 7.08. The first kappa shape index (κ1) is 25.4. The van der Waals surface area contributed by atoms with Gasteiger partial charge in [-0.25, -0.2) is 8.42 Å². The fourth-order valence-electron chi connectivity index (χ4n) is 4.44. The SMILES string of the molecule is COC(C)(C)c1cc2c(cc1C(=O)N(C(C)C)C(C)C)CN(S(=O)(=O)c1ccc(C)cc1)C2. The number of fused-ring (bicyclic) bond motifs is 1. The second-order valence-corrected chi connectivity index (χ2v) is 11.8. The van der Waals surface area contributed by atoms with Crippen molar-refractivity contribution in [2.75, 3.05) is 7.11 Å². The third-order valence-electron chi connectivity index (χ3n) is 6.43. The van der Waals surface area contributed by atoms with Gasteiger partial charge in [0.15, 0.2) is 0 Å². The number of sulfonamides is 1. The van der Waals surface area contributed by atoms with Crippen molar-refractivity contribution >= 4 is 15.9 Å². The molecule has 0 aliphatic carbocycles. The van der Waals surface area contributed by atoms with Crippen molar-refractivity contribution in [3.8, 4) is 0 Å². The molecule has 0 atom stereocenters. The molecule has 33 heavy (non-hydrogen) atoms. The van der Waals surface area contributed by atoms with Crippen molar-refractivity contribution in [1.29, 1.82) is 0 Å². The van der Waals surface area contributed by atoms with Crippen LogP contribution in [0.25, 0.3) is 0 Å². The standard InChI is InChI=1S/C26H36N2O4S/c1-17(2)28(18(3)4)25(29)23-13-20-15-27(16-21(20)14-24(23)26(6,7)32-8)33(30,31)22-11-9-19(5)10-12-22/h9-14,17-18H,15-16H2,1-8H3. The number of hydrogen-bond acceptors (Lipinski definition) is 4. The van der Waals surface area contributed by atoms with Crippen molar-refractivity contribution < 1.29 is 17.9 Å². The first-order chi connectivity index (χ1) is 15.3. The molecule has 0 aromatic heterocycles. The summed E-state index contributed by atoms with van der Waals surface area (Å²) in [6, 6.07) is 10.8. The number of carbonyl (C=O) groups is 1. The van der Waals surface area contributed by atoms with E-state index in [1.54, 1.807) is 31.4 Å². The number of rotatable bonds is 7. The number of methoxy groups -OCH3 is 1. The van der Waals surface area contributed by atoms with Crippen LogP contribution in [0.15, 0.2) is 41.3 Å². The van der Waals surface area contributed by atoms with Crippen LogP contribution in [0.5, 0.6) is 0 Å². The van der Waals surface area contributed by atoms with Crippen molar-refractivity contribution in [3.05, 3.63) is 64.2 Å². The molecule has 0 fully saturated rings. The van der Waals surface area contributed by atoms with Crippen LogP contribution in [0, 0.1) is 6.92 Å². The quantitative estimate of drug-likeness (QED) is 0.578. The summed E-state index contributed by atoms with van der Waals surface area (Å²) in [5, 5.41) is 0. The molecule has 0 saturated carbocycles. The summed E-state index contributed by atoms with van der Waals surface area (Å²) in [5.74, 6) is -0.0669. The van der Waals surface area contributed by atoms with Crippen molar-refractivity contribution in [1.82, 2.24) is 9.21 Å². The van der Waals surface area contributed by atoms with Gasteiger partial charge in [-0.3, -0.25) is 4.79 Å². The highest BCUT2D eigenvalue weighted by Gasteiger charge is 2.36. The molecule has 180 valence electrons. The summed E-state index contributed by atoms with van der Waals surface area (Å²) in [7, 11) is -2.02. The van der Waals surface area contributed by atoms with Gasteiger partial charge in [0.1, 0.15) is 0 Å². The number of carbonyl (C=O) groups excluding carboxylic acids is 1. The summed E-state index contributed by atoms with van der Waals surface area (Å²) in [5.41, 5.74) is 3.41. The van der Waals surface area contributed by atoms with Crippen LogP contribution < -0.4 is 0 Å². The normalized spacial score (nSPS) is 14.7. The smallest absolute Gasteiger partial charge is 0.254 e. The fourth-order valence-corrected chi connectivity index (χ4v) is 5.83. The lowest BCUT2D eigenvalue weighted by Crippen LogP contribution is -2.43. The lowest BCUT2D eigenvalue weighted by molar-refractivity contribution is 0.0174. The molecule has 7 heteroatoms. The number of amides is 1. The molecule has 1 amide bonds. The van der Waals surface area contributed by atoms with E-state index in [1.165, 1.54) is 4.31 Å². The number of aryl methyl sites for hydroxylation is 1. The average Bonchev–Trinajstić information content (AvgIpc) is 3.16. The molecule has 0 unspecified atom stereocenters. The molecule has 1 heterocycles. The van der Waals surface area contributed by atoms with Gasteiger partial charge < -0.3 is 9.64 Å². The predicted molar refractivity (Wildman–Crippen MR) is 131 cm³/mol. The lowest BCUT2D eigenvalue weighted by atomic mass is 9.88. The minimum absolute atomic E-state index is 0.0303. The zero-order chi connectivity index (χ0) is 24.7. The Hall–Kier alpha value is -2.22. The maximum atomic E-state index is 13.7. The Bertz CT molecular complexity index is 1130. The molecule has 3 rings (SSSR count). The molecule has 0 saturated heterocycles. The summed E-state index contributed by atoms with van der Waals surface area (Å²) in [4.78, 5) is 15.8. The highest BCUT2D eigenvalue weighted by molar-refractivity contribution is 7.89. The van der Waals surface area contributed by atoms with Crippen LogP contribution >= 0.6 is 0 Å². The zero-order valence-electron chi connectivity index (χ0n) is 21.0. The molecule has 2 aromatic carbocycles. The van der Waals surface area contributed by atoms with Crippen LogP contribution in [0.2, 0.25) is 0 Å². The Morgan fingerprint density at radius 3 is 2.00 bits per heavy atom. The van der Waals surface area contributed by atoms with Gasteiger partial charge in [0.05, 0.1) is 10.5 Å². The molecule has 0 radical (unpaired) electrons. The van der Waals surface area contributed by atoms with Crippen LogP contribution in [0.4, 0.5) is 0 Å². The van der Waals surface area contributed by atoms with Gasteiger partial charge in [-0.1, -0.05) is 23.8 Å². The van der Waals surface area contributed by atoms with Gasteiger partial charge in [0, 0.05) is 37.8 Å². The lowest BCUT2D eigenvalue weighted by Gasteiger charge is -2.34. The second kappa shape index (κ2) is 9.20. The minimum Gasteiger partial charge on any atom is -0.374 e. The zero-order valence-corrected chi connectivity index (χ0v) is 21.8. The van der Waals surface area contributed by atoms with E-state index in [4.69, 9.17) is 4.74 Å². The van der Waals surface area contributed by atoms with Gasteiger partial charge in [0.25, 0.3) is 5.91 Å². The minimum atomic E-state index is -3.65. The molecule has 0 N–H and O–H groups in total. The van der Waals surface area contributed by atoms with Gasteiger partial charge in [-0.05, 0) is 83.4 Å². The van der Waals surface area contributed by atoms with Crippen LogP contribution in [0.1, 0.15) is 74.2 Å². The number of nitrogens with zero attached hydrogens (tertiary/aromatic N) is 2. The molecule has 0 spiro atoms. The van der Waals surface area contributed by atoms with Crippen LogP contribution in [-0.2, 0) is 33.5 Å². The van der Waals surface area contributed by atoms with E-state index in [-0.39, 0.29) is 36.0 Å². The Labute approximate surface area is 198 Å². The first-order valence-corrected chi connectivity index (χ1v) is 12.8. The molecule has 1 aliphatic heterocycles. The largest absolute Gasteiger partial charge is 0.374 e. The van der Waals surface area contributed by atoms with Crippen molar-refractivity contribution in [2.24, 2.45) is 0 Å². The van der Waals surface area contributed by atoms with E-state index < -0.39 is 15.6 Å². The topological polar surface area (TPSA) is 66.9 Å². The highest BCUT2D eigenvalue weighted by atomic mass is 32.2. The first-order valence-electron chi connectivity index (χ1n) is 11.4. The summed E-state index contributed by atoms with van der Waals surface area (Å²) in [6.45, 7) is 14.3. The highest BCUT2D eigenvalue weighted by Crippen LogP contribution is 2.36. The number of hydrogen-bond donors (Lipinski definition) is 0. The second-order valence-electron chi connectivity index (χ2n) is 9.87. The predicted octanol–water partition coefficient (Wildman–Crippen LogP) is 4.84. The molecular weight excluding hydrogens is 436 g/mol. The molecular formula is C26H36N2O4S. The molecule has 2 aromatic rings. The third-order valence-corrected chi connectivity index (χ3v) is 8.23. The van der Waals surface area contributed by atoms with Gasteiger partial charge >= 0.3 is 0 Å². The van der Waals surface area contributed by atoms with Crippen molar-refractivity contribution in [3.63, 3.8) is 0 Å². The third kappa shape index (κ3) is 4.86. The number of ether oxygens (including phenoxy) is 1. The van der Waals surface area contributed by atoms with E-state index in [9.17, 15) is 13.2 Å². The maximum Gasteiger partial charge on any atom is 0.254 e. The summed E-state index contributed by atoms with van der Waals surface area (Å²) in [6.07, 6.45) is 0. The fraction of sp³-hybridized carbons (Fsp3) is 0.500. The summed E-state index contributed by atoms with van der Waals surface area (Å²) < 4.78 is 33.8.